The van der Waals surface area contributed by atoms with Gasteiger partial charge in [-0.25, -0.2) is 0 Å². The lowest BCUT2D eigenvalue weighted by atomic mass is 10.1. The van der Waals surface area contributed by atoms with Gasteiger partial charge in [0.1, 0.15) is 24.4 Å². The molecule has 0 unspecified atom stereocenters. The molecule has 0 amide bonds. The zero-order valence-electron chi connectivity index (χ0n) is 16.7. The number of morpholine rings is 1. The number of ether oxygens (including phenoxy) is 1. The van der Waals surface area contributed by atoms with Crippen LogP contribution >= 0.6 is 12.2 Å². The Morgan fingerprint density at radius 2 is 1.97 bits per heavy atom. The Hall–Kier alpha value is -2.48. The van der Waals surface area contributed by atoms with Crippen molar-refractivity contribution >= 4 is 44.8 Å². The molecule has 3 N–H and O–H groups in total. The maximum Gasteiger partial charge on any atom is 0.186 e. The number of hydrogen-bond acceptors (Lipinski definition) is 4. The fourth-order valence-electron chi connectivity index (χ4n) is 3.65. The highest BCUT2D eigenvalue weighted by Gasteiger charge is 2.13. The predicted octanol–water partition coefficient (Wildman–Crippen LogP) is 2.08. The first-order valence-corrected chi connectivity index (χ1v) is 10.5. The fourth-order valence-corrected chi connectivity index (χ4v) is 3.80. The third-order valence-electron chi connectivity index (χ3n) is 5.30. The molecule has 0 saturated carbocycles. The number of hydrogen-bond donors (Lipinski definition) is 3. The van der Waals surface area contributed by atoms with E-state index in [9.17, 15) is 0 Å². The van der Waals surface area contributed by atoms with Crippen LogP contribution in [0.4, 0.5) is 0 Å². The van der Waals surface area contributed by atoms with Crippen molar-refractivity contribution in [2.75, 3.05) is 39.4 Å². The van der Waals surface area contributed by atoms with Gasteiger partial charge in [0.05, 0.1) is 19.8 Å². The van der Waals surface area contributed by atoms with Crippen molar-refractivity contribution in [2.24, 2.45) is 5.10 Å². The Morgan fingerprint density at radius 1 is 1.14 bits per heavy atom. The van der Waals surface area contributed by atoms with Crippen LogP contribution in [-0.2, 0) is 4.74 Å². The number of furan rings is 1. The smallest absolute Gasteiger partial charge is 0.186 e. The number of benzene rings is 2. The molecule has 1 aromatic heterocycles. The molecule has 2 heterocycles. The van der Waals surface area contributed by atoms with Gasteiger partial charge < -0.3 is 19.4 Å². The predicted molar refractivity (Wildman–Crippen MR) is 121 cm³/mol. The Bertz CT molecular complexity index is 1020. The molecule has 0 bridgehead atoms. The minimum absolute atomic E-state index is 0.530. The van der Waals surface area contributed by atoms with E-state index < -0.39 is 0 Å². The summed E-state index contributed by atoms with van der Waals surface area (Å²) in [4.78, 5) is 1.60. The lowest BCUT2D eigenvalue weighted by molar-refractivity contribution is -0.908. The first-order chi connectivity index (χ1) is 14.2. The van der Waals surface area contributed by atoms with Crippen molar-refractivity contribution in [3.63, 3.8) is 0 Å². The highest BCUT2D eigenvalue weighted by molar-refractivity contribution is 7.80. The number of fused-ring (bicyclic) bond motifs is 3. The van der Waals surface area contributed by atoms with Gasteiger partial charge in [0.25, 0.3) is 0 Å². The van der Waals surface area contributed by atoms with Gasteiger partial charge in [0.2, 0.25) is 0 Å². The van der Waals surface area contributed by atoms with E-state index in [1.807, 2.05) is 31.2 Å². The van der Waals surface area contributed by atoms with Crippen molar-refractivity contribution in [1.82, 2.24) is 10.7 Å². The lowest BCUT2D eigenvalue weighted by Gasteiger charge is -2.23. The molecule has 0 atom stereocenters. The van der Waals surface area contributed by atoms with E-state index in [-0.39, 0.29) is 0 Å². The summed E-state index contributed by atoms with van der Waals surface area (Å²) < 4.78 is 11.4. The molecule has 4 rings (SSSR count). The van der Waals surface area contributed by atoms with E-state index >= 15 is 0 Å². The molecule has 2 aromatic carbocycles. The molecule has 29 heavy (non-hydrogen) atoms. The van der Waals surface area contributed by atoms with Crippen molar-refractivity contribution in [1.29, 1.82) is 0 Å². The second kappa shape index (κ2) is 9.35. The number of quaternary nitrogens is 1. The minimum atomic E-state index is 0.530. The van der Waals surface area contributed by atoms with Gasteiger partial charge in [0, 0.05) is 18.4 Å². The molecular weight excluding hydrogens is 384 g/mol. The topological polar surface area (TPSA) is 63.2 Å². The van der Waals surface area contributed by atoms with Crippen molar-refractivity contribution in [2.45, 2.75) is 13.3 Å². The summed E-state index contributed by atoms with van der Waals surface area (Å²) in [5.74, 6) is 0.738. The summed E-state index contributed by atoms with van der Waals surface area (Å²) in [5.41, 5.74) is 4.54. The van der Waals surface area contributed by atoms with Gasteiger partial charge in [0.15, 0.2) is 10.9 Å². The Balaban J connectivity index is 1.31. The zero-order chi connectivity index (χ0) is 20.1. The summed E-state index contributed by atoms with van der Waals surface area (Å²) in [6.07, 6.45) is 1.07. The average molecular weight is 412 g/mol. The largest absolute Gasteiger partial charge is 0.455 e. The highest BCUT2D eigenvalue weighted by Crippen LogP contribution is 2.28. The second-order valence-corrected chi connectivity index (χ2v) is 7.75. The third-order valence-corrected chi connectivity index (χ3v) is 5.54. The molecule has 1 saturated heterocycles. The number of nitrogens with one attached hydrogen (secondary N) is 3. The molecule has 1 aliphatic heterocycles. The molecule has 0 spiro atoms. The van der Waals surface area contributed by atoms with Crippen LogP contribution in [0.1, 0.15) is 19.1 Å². The van der Waals surface area contributed by atoms with Crippen LogP contribution in [0.25, 0.3) is 21.7 Å². The second-order valence-electron chi connectivity index (χ2n) is 7.34. The molecule has 7 heteroatoms. The Labute approximate surface area is 175 Å². The number of thiocarbonyl (C=S) groups is 1. The van der Waals surface area contributed by atoms with Crippen molar-refractivity contribution < 1.29 is 14.1 Å². The van der Waals surface area contributed by atoms with Crippen LogP contribution < -0.4 is 15.6 Å². The molecule has 0 aliphatic carbocycles. The van der Waals surface area contributed by atoms with Gasteiger partial charge in [-0.05, 0) is 42.0 Å². The molecule has 0 radical (unpaired) electrons. The van der Waals surface area contributed by atoms with Crippen molar-refractivity contribution in [3.8, 4) is 0 Å². The summed E-state index contributed by atoms with van der Waals surface area (Å²) >= 11 is 5.33. The quantitative estimate of drug-likeness (QED) is 0.251. The Kier molecular flexibility index (Phi) is 6.39. The molecule has 1 aliphatic rings. The standard InChI is InChI=1S/C22H26N4O2S/c1-16(24-25-22(29)23-9-4-10-26-11-13-27-14-12-26)21-15-19-18-6-3-2-5-17(18)7-8-20(19)28-21/h2-3,5-8,15H,4,9-14H2,1H3,(H2,23,25,29)/p+1/b24-16-. The van der Waals surface area contributed by atoms with Crippen LogP contribution in [0.3, 0.4) is 0 Å². The van der Waals surface area contributed by atoms with E-state index in [1.54, 1.807) is 4.90 Å². The first-order valence-electron chi connectivity index (χ1n) is 10.1. The van der Waals surface area contributed by atoms with Gasteiger partial charge in [-0.1, -0.05) is 30.3 Å². The summed E-state index contributed by atoms with van der Waals surface area (Å²) in [7, 11) is 0. The fraction of sp³-hybridized carbons (Fsp3) is 0.364. The van der Waals surface area contributed by atoms with Crippen LogP contribution in [0, 0.1) is 0 Å². The van der Waals surface area contributed by atoms with Crippen LogP contribution in [0.15, 0.2) is 52.0 Å². The molecule has 1 fully saturated rings. The monoisotopic (exact) mass is 411 g/mol. The molecule has 6 nitrogen and oxygen atoms in total. The first kappa shape index (κ1) is 19.8. The van der Waals surface area contributed by atoms with Crippen LogP contribution in [0.5, 0.6) is 0 Å². The lowest BCUT2D eigenvalue weighted by Crippen LogP contribution is -3.14. The Morgan fingerprint density at radius 3 is 2.83 bits per heavy atom. The highest BCUT2D eigenvalue weighted by atomic mass is 32.1. The van der Waals surface area contributed by atoms with Gasteiger partial charge in [-0.15, -0.1) is 0 Å². The molecular formula is C22H27N4O2S+. The van der Waals surface area contributed by atoms with Gasteiger partial charge in [-0.3, -0.25) is 5.43 Å². The maximum absolute atomic E-state index is 5.99. The van der Waals surface area contributed by atoms with E-state index in [1.165, 1.54) is 10.8 Å². The number of nitrogens with zero attached hydrogens (tertiary/aromatic N) is 1. The van der Waals surface area contributed by atoms with Crippen LogP contribution in [0.2, 0.25) is 0 Å². The van der Waals surface area contributed by atoms with Crippen LogP contribution in [-0.4, -0.2) is 50.2 Å². The third kappa shape index (κ3) is 4.93. The summed E-state index contributed by atoms with van der Waals surface area (Å²) in [6, 6.07) is 14.4. The summed E-state index contributed by atoms with van der Waals surface area (Å²) in [5, 5.41) is 11.6. The summed E-state index contributed by atoms with van der Waals surface area (Å²) in [6.45, 7) is 7.81. The number of rotatable bonds is 6. The van der Waals surface area contributed by atoms with Gasteiger partial charge >= 0.3 is 0 Å². The molecule has 152 valence electrons. The number of hydrazone groups is 1. The van der Waals surface area contributed by atoms with Gasteiger partial charge in [-0.2, -0.15) is 5.10 Å². The SMILES string of the molecule is C/C(=N/NC(=S)NCCC[NH+]1CCOCC1)c1cc2c(ccc3ccccc32)o1. The van der Waals surface area contributed by atoms with E-state index in [0.717, 1.165) is 68.3 Å². The minimum Gasteiger partial charge on any atom is -0.455 e. The van der Waals surface area contributed by atoms with E-state index in [2.05, 4.69) is 34.0 Å². The normalized spacial score (nSPS) is 15.7. The average Bonchev–Trinajstić information content (AvgIpc) is 3.21. The molecule has 3 aromatic rings. The van der Waals surface area contributed by atoms with E-state index in [4.69, 9.17) is 21.4 Å². The van der Waals surface area contributed by atoms with Crippen molar-refractivity contribution in [3.05, 3.63) is 48.2 Å². The maximum atomic E-state index is 5.99. The zero-order valence-corrected chi connectivity index (χ0v) is 17.5. The van der Waals surface area contributed by atoms with E-state index in [0.29, 0.717) is 5.11 Å².